The minimum atomic E-state index is -0.760. The Hall–Kier alpha value is -1.99. The monoisotopic (exact) mass is 325 g/mol. The van der Waals surface area contributed by atoms with Crippen LogP contribution in [0.4, 0.5) is 0 Å². The molecule has 22 heavy (non-hydrogen) atoms. The Morgan fingerprint density at radius 2 is 2.45 bits per heavy atom. The van der Waals surface area contributed by atoms with Crippen LogP contribution in [0.15, 0.2) is 22.8 Å². The summed E-state index contributed by atoms with van der Waals surface area (Å²) < 4.78 is 12.1. The Balaban J connectivity index is 1.57. The fourth-order valence-electron chi connectivity index (χ4n) is 2.27. The van der Waals surface area contributed by atoms with Gasteiger partial charge in [-0.1, -0.05) is 11.6 Å². The highest BCUT2D eigenvalue weighted by Gasteiger charge is 2.24. The first-order valence-electron chi connectivity index (χ1n) is 7.05. The number of aromatic nitrogens is 2. The van der Waals surface area contributed by atoms with Gasteiger partial charge in [0.25, 0.3) is 5.91 Å². The molecule has 1 amide bonds. The van der Waals surface area contributed by atoms with E-state index in [9.17, 15) is 9.90 Å². The standard InChI is InChI=1S/C14H16ClN3O4/c15-11-12(17-18-6-2-8-22-14(11)18)13(20)16-5-4-9(19)10-3-1-7-21-10/h1,3,7,9,19H,2,4-6,8H2,(H,16,20). The fourth-order valence-corrected chi connectivity index (χ4v) is 2.55. The van der Waals surface area contributed by atoms with Crippen LogP contribution in [-0.4, -0.2) is 33.9 Å². The van der Waals surface area contributed by atoms with Crippen LogP contribution in [0.5, 0.6) is 5.88 Å². The summed E-state index contributed by atoms with van der Waals surface area (Å²) in [6, 6.07) is 3.39. The van der Waals surface area contributed by atoms with Crippen molar-refractivity contribution in [1.82, 2.24) is 15.1 Å². The average Bonchev–Trinajstić information content (AvgIpc) is 3.16. The number of ether oxygens (including phenoxy) is 1. The van der Waals surface area contributed by atoms with E-state index in [0.717, 1.165) is 6.42 Å². The number of amides is 1. The van der Waals surface area contributed by atoms with Crippen molar-refractivity contribution in [2.45, 2.75) is 25.5 Å². The second kappa shape index (κ2) is 6.41. The largest absolute Gasteiger partial charge is 0.477 e. The molecule has 7 nitrogen and oxygen atoms in total. The molecule has 8 heteroatoms. The topological polar surface area (TPSA) is 89.5 Å². The van der Waals surface area contributed by atoms with Crippen LogP contribution >= 0.6 is 11.6 Å². The van der Waals surface area contributed by atoms with E-state index in [2.05, 4.69) is 10.4 Å². The molecule has 1 aliphatic rings. The highest BCUT2D eigenvalue weighted by Crippen LogP contribution is 2.30. The lowest BCUT2D eigenvalue weighted by Gasteiger charge is -2.14. The molecule has 118 valence electrons. The second-order valence-corrected chi connectivity index (χ2v) is 5.35. The van der Waals surface area contributed by atoms with E-state index >= 15 is 0 Å². The molecule has 1 atom stereocenters. The number of nitrogens with one attached hydrogen (secondary N) is 1. The maximum absolute atomic E-state index is 12.1. The van der Waals surface area contributed by atoms with Gasteiger partial charge in [0.15, 0.2) is 5.69 Å². The SMILES string of the molecule is O=C(NCCC(O)c1ccco1)c1nn2c(c1Cl)OCCC2. The van der Waals surface area contributed by atoms with Gasteiger partial charge in [-0.3, -0.25) is 4.79 Å². The number of aryl methyl sites for hydroxylation is 1. The van der Waals surface area contributed by atoms with Crippen molar-refractivity contribution < 1.29 is 19.1 Å². The highest BCUT2D eigenvalue weighted by molar-refractivity contribution is 6.34. The van der Waals surface area contributed by atoms with E-state index in [1.807, 2.05) is 0 Å². The van der Waals surface area contributed by atoms with Crippen molar-refractivity contribution in [2.24, 2.45) is 0 Å². The van der Waals surface area contributed by atoms with Gasteiger partial charge >= 0.3 is 0 Å². The number of hydrogen-bond donors (Lipinski definition) is 2. The Morgan fingerprint density at radius 1 is 1.59 bits per heavy atom. The zero-order valence-corrected chi connectivity index (χ0v) is 12.5. The summed E-state index contributed by atoms with van der Waals surface area (Å²) in [6.45, 7) is 1.53. The summed E-state index contributed by atoms with van der Waals surface area (Å²) in [5.41, 5.74) is 0.144. The summed E-state index contributed by atoms with van der Waals surface area (Å²) in [4.78, 5) is 12.1. The molecular weight excluding hydrogens is 310 g/mol. The van der Waals surface area contributed by atoms with Gasteiger partial charge in [-0.25, -0.2) is 4.68 Å². The van der Waals surface area contributed by atoms with Crippen LogP contribution in [0.25, 0.3) is 0 Å². The molecule has 0 bridgehead atoms. The van der Waals surface area contributed by atoms with Crippen molar-refractivity contribution in [3.05, 3.63) is 34.9 Å². The first kappa shape index (κ1) is 14.9. The summed E-state index contributed by atoms with van der Waals surface area (Å²) in [7, 11) is 0. The molecule has 2 N–H and O–H groups in total. The number of furan rings is 1. The second-order valence-electron chi connectivity index (χ2n) is 4.97. The van der Waals surface area contributed by atoms with Gasteiger partial charge in [0.2, 0.25) is 5.88 Å². The van der Waals surface area contributed by atoms with Gasteiger partial charge in [0, 0.05) is 19.5 Å². The Kier molecular flexibility index (Phi) is 4.35. The zero-order chi connectivity index (χ0) is 15.5. The first-order chi connectivity index (χ1) is 10.7. The third kappa shape index (κ3) is 2.95. The van der Waals surface area contributed by atoms with Crippen molar-refractivity contribution in [3.8, 4) is 5.88 Å². The number of carbonyl (C=O) groups excluding carboxylic acids is 1. The summed E-state index contributed by atoms with van der Waals surface area (Å²) in [5.74, 6) is 0.522. The Labute approximate surface area is 131 Å². The molecule has 0 saturated heterocycles. The molecular formula is C14H16ClN3O4. The fraction of sp³-hybridized carbons (Fsp3) is 0.429. The van der Waals surface area contributed by atoms with Gasteiger partial charge in [-0.2, -0.15) is 5.10 Å². The summed E-state index contributed by atoms with van der Waals surface area (Å²) in [6.07, 6.45) is 1.90. The van der Waals surface area contributed by atoms with E-state index < -0.39 is 6.10 Å². The van der Waals surface area contributed by atoms with E-state index in [-0.39, 0.29) is 23.2 Å². The zero-order valence-electron chi connectivity index (χ0n) is 11.8. The minimum absolute atomic E-state index is 0.144. The molecule has 3 heterocycles. The lowest BCUT2D eigenvalue weighted by molar-refractivity contribution is 0.0930. The predicted molar refractivity (Wildman–Crippen MR) is 78.0 cm³/mol. The molecule has 1 aliphatic heterocycles. The van der Waals surface area contributed by atoms with E-state index in [1.54, 1.807) is 16.8 Å². The maximum atomic E-state index is 12.1. The lowest BCUT2D eigenvalue weighted by Crippen LogP contribution is -2.26. The summed E-state index contributed by atoms with van der Waals surface area (Å²) >= 11 is 6.13. The number of aliphatic hydroxyl groups is 1. The molecule has 1 unspecified atom stereocenters. The Morgan fingerprint density at radius 3 is 3.18 bits per heavy atom. The predicted octanol–water partition coefficient (Wildman–Crippen LogP) is 1.77. The Bertz CT molecular complexity index is 653. The van der Waals surface area contributed by atoms with E-state index in [0.29, 0.717) is 31.2 Å². The van der Waals surface area contributed by atoms with E-state index in [4.69, 9.17) is 20.8 Å². The lowest BCUT2D eigenvalue weighted by atomic mass is 10.2. The smallest absolute Gasteiger partial charge is 0.273 e. The molecule has 0 radical (unpaired) electrons. The van der Waals surface area contributed by atoms with Gasteiger partial charge < -0.3 is 19.6 Å². The van der Waals surface area contributed by atoms with Gasteiger partial charge in [-0.15, -0.1) is 0 Å². The number of halogens is 1. The van der Waals surface area contributed by atoms with Crippen LogP contribution in [0, 0.1) is 0 Å². The molecule has 0 aliphatic carbocycles. The van der Waals surface area contributed by atoms with Crippen molar-refractivity contribution >= 4 is 17.5 Å². The normalized spacial score (nSPS) is 15.0. The number of fused-ring (bicyclic) bond motifs is 1. The third-order valence-electron chi connectivity index (χ3n) is 3.39. The van der Waals surface area contributed by atoms with Crippen LogP contribution in [0.3, 0.4) is 0 Å². The van der Waals surface area contributed by atoms with Crippen LogP contribution in [0.1, 0.15) is 35.2 Å². The van der Waals surface area contributed by atoms with Gasteiger partial charge in [-0.05, 0) is 18.6 Å². The number of carbonyl (C=O) groups is 1. The maximum Gasteiger partial charge on any atom is 0.273 e. The summed E-state index contributed by atoms with van der Waals surface area (Å²) in [5, 5.41) is 16.9. The first-order valence-corrected chi connectivity index (χ1v) is 7.43. The third-order valence-corrected chi connectivity index (χ3v) is 3.73. The van der Waals surface area contributed by atoms with Crippen LogP contribution in [-0.2, 0) is 6.54 Å². The van der Waals surface area contributed by atoms with Crippen LogP contribution < -0.4 is 10.1 Å². The quantitative estimate of drug-likeness (QED) is 0.874. The van der Waals surface area contributed by atoms with Crippen LogP contribution in [0.2, 0.25) is 5.02 Å². The van der Waals surface area contributed by atoms with Crippen molar-refractivity contribution in [1.29, 1.82) is 0 Å². The number of hydrogen-bond acceptors (Lipinski definition) is 5. The van der Waals surface area contributed by atoms with Gasteiger partial charge in [0.1, 0.15) is 16.9 Å². The molecule has 0 spiro atoms. The molecule has 2 aromatic heterocycles. The highest BCUT2D eigenvalue weighted by atomic mass is 35.5. The van der Waals surface area contributed by atoms with Gasteiger partial charge in [0.05, 0.1) is 12.9 Å². The number of aliphatic hydroxyl groups excluding tert-OH is 1. The number of rotatable bonds is 5. The molecule has 0 fully saturated rings. The number of nitrogens with zero attached hydrogens (tertiary/aromatic N) is 2. The van der Waals surface area contributed by atoms with Crippen molar-refractivity contribution in [3.63, 3.8) is 0 Å². The van der Waals surface area contributed by atoms with E-state index in [1.165, 1.54) is 6.26 Å². The molecule has 2 aromatic rings. The molecule has 0 saturated carbocycles. The molecule has 3 rings (SSSR count). The van der Waals surface area contributed by atoms with Crippen molar-refractivity contribution in [2.75, 3.05) is 13.2 Å². The minimum Gasteiger partial charge on any atom is -0.477 e. The molecule has 0 aromatic carbocycles. The average molecular weight is 326 g/mol.